The second-order valence-corrected chi connectivity index (χ2v) is 9.79. The molecule has 204 valence electrons. The zero-order chi connectivity index (χ0) is 27.0. The highest BCUT2D eigenvalue weighted by molar-refractivity contribution is 5.94. The van der Waals surface area contributed by atoms with E-state index in [4.69, 9.17) is 4.74 Å². The van der Waals surface area contributed by atoms with Crippen LogP contribution >= 0.6 is 0 Å². The minimum absolute atomic E-state index is 0.177. The molecular weight excluding hydrogens is 479 g/mol. The molecule has 1 aliphatic rings. The molecule has 1 saturated heterocycles. The number of hydrogen-bond acceptors (Lipinski definition) is 4. The molecular formula is C29H40F3N3O2. The van der Waals surface area contributed by atoms with Crippen LogP contribution in [0, 0.1) is 13.8 Å². The number of ether oxygens (including phenoxy) is 1. The molecule has 1 heterocycles. The first-order valence-corrected chi connectivity index (χ1v) is 13.3. The van der Waals surface area contributed by atoms with E-state index in [9.17, 15) is 18.0 Å². The quantitative estimate of drug-likeness (QED) is 0.370. The van der Waals surface area contributed by atoms with Crippen molar-refractivity contribution in [3.8, 4) is 5.75 Å². The molecule has 8 heteroatoms. The van der Waals surface area contributed by atoms with Crippen LogP contribution in [0.5, 0.6) is 5.75 Å². The van der Waals surface area contributed by atoms with Crippen LogP contribution < -0.4 is 10.1 Å². The Balaban J connectivity index is 1.52. The van der Waals surface area contributed by atoms with Crippen molar-refractivity contribution in [1.29, 1.82) is 0 Å². The van der Waals surface area contributed by atoms with Crippen LogP contribution in [0.15, 0.2) is 36.4 Å². The summed E-state index contributed by atoms with van der Waals surface area (Å²) in [7, 11) is 0. The Morgan fingerprint density at radius 3 is 2.27 bits per heavy atom. The number of piperazine rings is 1. The van der Waals surface area contributed by atoms with Crippen LogP contribution in [0.2, 0.25) is 0 Å². The summed E-state index contributed by atoms with van der Waals surface area (Å²) in [5.41, 5.74) is 3.14. The monoisotopic (exact) mass is 519 g/mol. The summed E-state index contributed by atoms with van der Waals surface area (Å²) >= 11 is 0. The molecule has 0 radical (unpaired) electrons. The van der Waals surface area contributed by atoms with E-state index in [1.165, 1.54) is 42.5 Å². The van der Waals surface area contributed by atoms with E-state index in [2.05, 4.69) is 50.0 Å². The normalized spacial score (nSPS) is 15.6. The van der Waals surface area contributed by atoms with Gasteiger partial charge in [0.1, 0.15) is 12.4 Å². The zero-order valence-corrected chi connectivity index (χ0v) is 22.5. The minimum Gasteiger partial charge on any atom is -0.492 e. The molecule has 1 fully saturated rings. The van der Waals surface area contributed by atoms with Gasteiger partial charge < -0.3 is 15.0 Å². The molecule has 37 heavy (non-hydrogen) atoms. The Labute approximate surface area is 219 Å². The summed E-state index contributed by atoms with van der Waals surface area (Å²) in [5.74, 6) is 0.685. The zero-order valence-electron chi connectivity index (χ0n) is 22.5. The van der Waals surface area contributed by atoms with Crippen molar-refractivity contribution < 1.29 is 22.7 Å². The van der Waals surface area contributed by atoms with Gasteiger partial charge in [-0.05, 0) is 80.8 Å². The smallest absolute Gasteiger partial charge is 0.416 e. The van der Waals surface area contributed by atoms with Gasteiger partial charge in [0.05, 0.1) is 5.56 Å². The summed E-state index contributed by atoms with van der Waals surface area (Å²) in [6, 6.07) is 8.82. The number of unbranched alkanes of at least 4 members (excludes halogenated alkanes) is 2. The third-order valence-electron chi connectivity index (χ3n) is 7.33. The van der Waals surface area contributed by atoms with Gasteiger partial charge in [-0.2, -0.15) is 13.2 Å². The first-order valence-electron chi connectivity index (χ1n) is 13.3. The van der Waals surface area contributed by atoms with Crippen LogP contribution in [-0.2, 0) is 6.18 Å². The van der Waals surface area contributed by atoms with E-state index in [1.807, 2.05) is 0 Å². The first-order chi connectivity index (χ1) is 17.6. The van der Waals surface area contributed by atoms with Crippen molar-refractivity contribution in [1.82, 2.24) is 15.1 Å². The molecule has 1 unspecified atom stereocenters. The Bertz CT molecular complexity index is 1020. The molecule has 5 nitrogen and oxygen atoms in total. The lowest BCUT2D eigenvalue weighted by Crippen LogP contribution is -2.49. The molecule has 1 atom stereocenters. The molecule has 1 aliphatic heterocycles. The van der Waals surface area contributed by atoms with Crippen molar-refractivity contribution in [2.24, 2.45) is 0 Å². The summed E-state index contributed by atoms with van der Waals surface area (Å²) < 4.78 is 44.5. The number of benzene rings is 2. The van der Waals surface area contributed by atoms with Crippen molar-refractivity contribution in [2.45, 2.75) is 59.2 Å². The molecule has 0 spiro atoms. The Morgan fingerprint density at radius 1 is 0.973 bits per heavy atom. The second kappa shape index (κ2) is 13.3. The van der Waals surface area contributed by atoms with Gasteiger partial charge in [-0.3, -0.25) is 9.69 Å². The van der Waals surface area contributed by atoms with E-state index in [0.717, 1.165) is 36.5 Å². The van der Waals surface area contributed by atoms with Gasteiger partial charge >= 0.3 is 6.18 Å². The maximum atomic E-state index is 12.8. The van der Waals surface area contributed by atoms with Crippen molar-refractivity contribution in [3.63, 3.8) is 0 Å². The lowest BCUT2D eigenvalue weighted by molar-refractivity contribution is -0.137. The molecule has 2 aromatic rings. The van der Waals surface area contributed by atoms with Crippen LogP contribution in [0.3, 0.4) is 0 Å². The maximum absolute atomic E-state index is 12.8. The van der Waals surface area contributed by atoms with Crippen molar-refractivity contribution in [2.75, 3.05) is 45.9 Å². The summed E-state index contributed by atoms with van der Waals surface area (Å²) in [6.45, 7) is 13.6. The lowest BCUT2D eigenvalue weighted by Gasteiger charge is -2.39. The van der Waals surface area contributed by atoms with Gasteiger partial charge in [-0.1, -0.05) is 25.8 Å². The van der Waals surface area contributed by atoms with Crippen molar-refractivity contribution >= 4 is 5.91 Å². The predicted molar refractivity (Wildman–Crippen MR) is 141 cm³/mol. The van der Waals surface area contributed by atoms with Crippen LogP contribution in [-0.4, -0.2) is 61.6 Å². The van der Waals surface area contributed by atoms with Gasteiger partial charge in [-0.25, -0.2) is 0 Å². The van der Waals surface area contributed by atoms with Crippen LogP contribution in [0.1, 0.15) is 71.8 Å². The number of halogens is 3. The fourth-order valence-electron chi connectivity index (χ4n) is 4.78. The molecule has 0 aliphatic carbocycles. The number of carbonyl (C=O) groups excluding carboxylic acids is 1. The first kappa shape index (κ1) is 29.0. The van der Waals surface area contributed by atoms with E-state index in [1.54, 1.807) is 4.90 Å². The number of nitrogens with one attached hydrogen (secondary N) is 1. The average molecular weight is 520 g/mol. The number of nitrogens with zero attached hydrogens (tertiary/aromatic N) is 2. The summed E-state index contributed by atoms with van der Waals surface area (Å²) in [5, 5.41) is 3.42. The maximum Gasteiger partial charge on any atom is 0.416 e. The van der Waals surface area contributed by atoms with Gasteiger partial charge in [0, 0.05) is 44.3 Å². The fourth-order valence-corrected chi connectivity index (χ4v) is 4.78. The highest BCUT2D eigenvalue weighted by atomic mass is 19.4. The highest BCUT2D eigenvalue weighted by Crippen LogP contribution is 2.32. The molecule has 0 saturated carbocycles. The molecule has 0 bridgehead atoms. The second-order valence-electron chi connectivity index (χ2n) is 9.79. The van der Waals surface area contributed by atoms with Gasteiger partial charge in [0.25, 0.3) is 5.91 Å². The fraction of sp³-hybridized carbons (Fsp3) is 0.552. The van der Waals surface area contributed by atoms with Gasteiger partial charge in [0.15, 0.2) is 0 Å². The lowest BCUT2D eigenvalue weighted by atomic mass is 9.96. The van der Waals surface area contributed by atoms with Gasteiger partial charge in [-0.15, -0.1) is 0 Å². The predicted octanol–water partition coefficient (Wildman–Crippen LogP) is 6.00. The number of carbonyl (C=O) groups is 1. The summed E-state index contributed by atoms with van der Waals surface area (Å²) in [6.07, 6.45) is -0.748. The average Bonchev–Trinajstić information content (AvgIpc) is 2.89. The molecule has 2 aromatic carbocycles. The third kappa shape index (κ3) is 7.71. The topological polar surface area (TPSA) is 44.8 Å². The molecule has 1 N–H and O–H groups in total. The number of rotatable bonds is 11. The highest BCUT2D eigenvalue weighted by Gasteiger charge is 2.31. The van der Waals surface area contributed by atoms with Crippen LogP contribution in [0.25, 0.3) is 0 Å². The summed E-state index contributed by atoms with van der Waals surface area (Å²) in [4.78, 5) is 16.9. The Morgan fingerprint density at radius 2 is 1.65 bits per heavy atom. The van der Waals surface area contributed by atoms with Crippen molar-refractivity contribution in [3.05, 3.63) is 64.2 Å². The number of amides is 1. The van der Waals surface area contributed by atoms with E-state index < -0.39 is 11.7 Å². The van der Waals surface area contributed by atoms with E-state index in [0.29, 0.717) is 32.8 Å². The van der Waals surface area contributed by atoms with E-state index in [-0.39, 0.29) is 17.5 Å². The van der Waals surface area contributed by atoms with E-state index >= 15 is 0 Å². The molecule has 0 aromatic heterocycles. The minimum atomic E-state index is -4.41. The molecule has 3 rings (SSSR count). The molecule has 1 amide bonds. The third-order valence-corrected chi connectivity index (χ3v) is 7.33. The Kier molecular flexibility index (Phi) is 10.4. The van der Waals surface area contributed by atoms with Gasteiger partial charge in [0.2, 0.25) is 0 Å². The number of alkyl halides is 3. The Hall–Kier alpha value is -2.58. The standard InChI is InChI=1S/C29H40F3N3O2/c1-5-6-7-14-33-15-20-37-27-13-12-26(21(2)22(27)3)23(4)34-16-18-35(19-17-34)28(36)24-8-10-25(11-9-24)29(30,31)32/h8-13,23,33H,5-7,14-20H2,1-4H3. The van der Waals surface area contributed by atoms with Crippen LogP contribution in [0.4, 0.5) is 13.2 Å². The largest absolute Gasteiger partial charge is 0.492 e. The number of hydrogen-bond donors (Lipinski definition) is 1. The SMILES string of the molecule is CCCCCNCCOc1ccc(C(C)N2CCN(C(=O)c3ccc(C(F)(F)F)cc3)CC2)c(C)c1C.